The van der Waals surface area contributed by atoms with Crippen LogP contribution in [0.3, 0.4) is 0 Å². The third-order valence-corrected chi connectivity index (χ3v) is 4.95. The van der Waals surface area contributed by atoms with Crippen molar-refractivity contribution in [3.63, 3.8) is 0 Å². The number of hydrogen-bond acceptors (Lipinski definition) is 5. The molecule has 1 unspecified atom stereocenters. The van der Waals surface area contributed by atoms with Crippen LogP contribution in [0.25, 0.3) is 0 Å². The smallest absolute Gasteiger partial charge is 0.321 e. The summed E-state index contributed by atoms with van der Waals surface area (Å²) in [6, 6.07) is -1.16. The Labute approximate surface area is 97.4 Å². The van der Waals surface area contributed by atoms with E-state index in [2.05, 4.69) is 9.71 Å². The van der Waals surface area contributed by atoms with Crippen LogP contribution in [0.5, 0.6) is 0 Å². The van der Waals surface area contributed by atoms with Crippen LogP contribution in [0, 0.1) is 0 Å². The molecule has 0 spiro atoms. The monoisotopic (exact) mass is 264 g/mol. The van der Waals surface area contributed by atoms with E-state index in [1.54, 1.807) is 0 Å². The van der Waals surface area contributed by atoms with Crippen molar-refractivity contribution < 1.29 is 18.3 Å². The normalized spacial score (nSPS) is 13.6. The highest BCUT2D eigenvalue weighted by Crippen LogP contribution is 2.18. The molecular weight excluding hydrogens is 252 g/mol. The minimum atomic E-state index is -3.77. The number of rotatable bonds is 5. The second-order valence-electron chi connectivity index (χ2n) is 3.11. The molecule has 1 rings (SSSR count). The zero-order valence-corrected chi connectivity index (χ0v) is 10.4. The molecule has 0 saturated carbocycles. The molecule has 1 aromatic heterocycles. The molecule has 0 amide bonds. The Hall–Kier alpha value is -0.990. The number of hydrogen-bond donors (Lipinski definition) is 2. The van der Waals surface area contributed by atoms with Crippen molar-refractivity contribution in [3.05, 3.63) is 11.2 Å². The Morgan fingerprint density at radius 2 is 2.31 bits per heavy atom. The molecule has 90 valence electrons. The summed E-state index contributed by atoms with van der Waals surface area (Å²) in [6.07, 6.45) is 1.88. The number of nitrogens with one attached hydrogen (secondary N) is 1. The zero-order valence-electron chi connectivity index (χ0n) is 8.80. The molecule has 0 aromatic carbocycles. The van der Waals surface area contributed by atoms with E-state index < -0.39 is 22.0 Å². The maximum absolute atomic E-state index is 11.7. The molecule has 0 aliphatic heterocycles. The van der Waals surface area contributed by atoms with Crippen molar-refractivity contribution in [3.8, 4) is 0 Å². The van der Waals surface area contributed by atoms with Gasteiger partial charge in [0.2, 0.25) is 0 Å². The Morgan fingerprint density at radius 1 is 1.69 bits per heavy atom. The predicted octanol–water partition coefficient (Wildman–Crippen LogP) is 0.457. The zero-order chi connectivity index (χ0) is 12.3. The number of carboxylic acid groups (broad SMARTS) is 1. The second-order valence-corrected chi connectivity index (χ2v) is 6.16. The number of nitrogens with zero attached hydrogens (tertiary/aromatic N) is 1. The third kappa shape index (κ3) is 3.00. The molecule has 0 aliphatic carbocycles. The molecule has 0 radical (unpaired) electrons. The summed E-state index contributed by atoms with van der Waals surface area (Å²) in [4.78, 5) is 14.4. The Kier molecular flexibility index (Phi) is 4.00. The Balaban J connectivity index is 2.90. The molecular formula is C8H12N2O4S2. The number of aromatic nitrogens is 1. The predicted molar refractivity (Wildman–Crippen MR) is 58.9 cm³/mol. The average molecular weight is 264 g/mol. The van der Waals surface area contributed by atoms with Crippen LogP contribution in [0.2, 0.25) is 0 Å². The van der Waals surface area contributed by atoms with Gasteiger partial charge in [0.1, 0.15) is 6.04 Å². The molecule has 6 nitrogen and oxygen atoms in total. The average Bonchev–Trinajstić information content (AvgIpc) is 2.65. The fourth-order valence-electron chi connectivity index (χ4n) is 0.922. The quantitative estimate of drug-likeness (QED) is 0.805. The first-order valence-corrected chi connectivity index (χ1v) is 6.86. The summed E-state index contributed by atoms with van der Waals surface area (Å²) in [7, 11) is -3.77. The van der Waals surface area contributed by atoms with Gasteiger partial charge in [0.05, 0.1) is 11.2 Å². The van der Waals surface area contributed by atoms with Gasteiger partial charge in [-0.15, -0.1) is 11.3 Å². The molecule has 2 N–H and O–H groups in total. The van der Waals surface area contributed by atoms with E-state index in [-0.39, 0.29) is 4.21 Å². The second kappa shape index (κ2) is 4.89. The molecule has 0 bridgehead atoms. The van der Waals surface area contributed by atoms with E-state index in [1.807, 2.05) is 6.92 Å². The van der Waals surface area contributed by atoms with E-state index in [4.69, 9.17) is 5.11 Å². The lowest BCUT2D eigenvalue weighted by Crippen LogP contribution is -2.37. The van der Waals surface area contributed by atoms with Crippen LogP contribution in [-0.4, -0.2) is 30.5 Å². The van der Waals surface area contributed by atoms with Crippen molar-refractivity contribution >= 4 is 27.3 Å². The number of carbonyl (C=O) groups is 1. The van der Waals surface area contributed by atoms with Crippen molar-refractivity contribution in [1.82, 2.24) is 9.71 Å². The summed E-state index contributed by atoms with van der Waals surface area (Å²) < 4.78 is 25.4. The first-order valence-electron chi connectivity index (χ1n) is 4.56. The lowest BCUT2D eigenvalue weighted by molar-refractivity contribution is -0.138. The van der Waals surface area contributed by atoms with Crippen LogP contribution >= 0.6 is 11.3 Å². The van der Waals surface area contributed by atoms with Crippen LogP contribution in [0.1, 0.15) is 18.9 Å². The topological polar surface area (TPSA) is 96.4 Å². The van der Waals surface area contributed by atoms with Crippen LogP contribution < -0.4 is 4.72 Å². The maximum Gasteiger partial charge on any atom is 0.321 e. The lowest BCUT2D eigenvalue weighted by Gasteiger charge is -2.07. The molecule has 0 aliphatic rings. The van der Waals surface area contributed by atoms with E-state index in [0.717, 1.165) is 11.3 Å². The standard InChI is InChI=1S/C8H12N2O4S2/c1-3-6-9-4-7(15-6)16(13,14)10-5(2)8(11)12/h4-5,10H,3H2,1-2H3,(H,11,12). The highest BCUT2D eigenvalue weighted by molar-refractivity contribution is 7.91. The van der Waals surface area contributed by atoms with Gasteiger partial charge in [-0.1, -0.05) is 6.92 Å². The minimum Gasteiger partial charge on any atom is -0.480 e. The number of aryl methyl sites for hydroxylation is 1. The molecule has 1 aromatic rings. The van der Waals surface area contributed by atoms with Gasteiger partial charge < -0.3 is 5.11 Å². The number of sulfonamides is 1. The van der Waals surface area contributed by atoms with Gasteiger partial charge in [-0.25, -0.2) is 13.4 Å². The van der Waals surface area contributed by atoms with Gasteiger partial charge in [0.15, 0.2) is 4.21 Å². The summed E-state index contributed by atoms with van der Waals surface area (Å²) >= 11 is 1.04. The van der Waals surface area contributed by atoms with E-state index in [0.29, 0.717) is 11.4 Å². The maximum atomic E-state index is 11.7. The van der Waals surface area contributed by atoms with Crippen molar-refractivity contribution in [1.29, 1.82) is 0 Å². The number of aliphatic carboxylic acids is 1. The summed E-state index contributed by atoms with van der Waals surface area (Å²) in [5.41, 5.74) is 0. The minimum absolute atomic E-state index is 0.0393. The van der Waals surface area contributed by atoms with E-state index in [9.17, 15) is 13.2 Å². The molecule has 1 heterocycles. The largest absolute Gasteiger partial charge is 0.480 e. The van der Waals surface area contributed by atoms with Gasteiger partial charge in [-0.05, 0) is 13.3 Å². The highest BCUT2D eigenvalue weighted by atomic mass is 32.2. The summed E-state index contributed by atoms with van der Waals surface area (Å²) in [5, 5.41) is 9.30. The molecule has 1 atom stereocenters. The van der Waals surface area contributed by atoms with Crippen molar-refractivity contribution in [2.45, 2.75) is 30.5 Å². The van der Waals surface area contributed by atoms with Crippen LogP contribution in [-0.2, 0) is 21.2 Å². The molecule has 8 heteroatoms. The Bertz CT molecular complexity index is 480. The van der Waals surface area contributed by atoms with Crippen molar-refractivity contribution in [2.75, 3.05) is 0 Å². The van der Waals surface area contributed by atoms with Gasteiger partial charge in [-0.2, -0.15) is 4.72 Å². The molecule has 0 saturated heterocycles. The van der Waals surface area contributed by atoms with Gasteiger partial charge in [0.25, 0.3) is 10.0 Å². The van der Waals surface area contributed by atoms with Crippen LogP contribution in [0.4, 0.5) is 0 Å². The van der Waals surface area contributed by atoms with Gasteiger partial charge >= 0.3 is 5.97 Å². The summed E-state index contributed by atoms with van der Waals surface area (Å²) in [6.45, 7) is 3.13. The van der Waals surface area contributed by atoms with Gasteiger partial charge in [-0.3, -0.25) is 4.79 Å². The SMILES string of the molecule is CCc1ncc(S(=O)(=O)NC(C)C(=O)O)s1. The fraction of sp³-hybridized carbons (Fsp3) is 0.500. The first kappa shape index (κ1) is 13.1. The summed E-state index contributed by atoms with van der Waals surface area (Å²) in [5.74, 6) is -1.22. The lowest BCUT2D eigenvalue weighted by atomic mass is 10.4. The number of carboxylic acids is 1. The Morgan fingerprint density at radius 3 is 2.75 bits per heavy atom. The van der Waals surface area contributed by atoms with Crippen LogP contribution in [0.15, 0.2) is 10.4 Å². The van der Waals surface area contributed by atoms with Gasteiger partial charge in [0, 0.05) is 0 Å². The molecule has 16 heavy (non-hydrogen) atoms. The van der Waals surface area contributed by atoms with E-state index in [1.165, 1.54) is 13.1 Å². The highest BCUT2D eigenvalue weighted by Gasteiger charge is 2.23. The number of thiazole rings is 1. The first-order chi connectivity index (χ1) is 7.36. The third-order valence-electron chi connectivity index (χ3n) is 1.80. The fourth-order valence-corrected chi connectivity index (χ4v) is 3.26. The van der Waals surface area contributed by atoms with E-state index >= 15 is 0 Å². The van der Waals surface area contributed by atoms with Crippen molar-refractivity contribution in [2.24, 2.45) is 0 Å². The molecule has 0 fully saturated rings.